The second-order valence-corrected chi connectivity index (χ2v) is 3.62. The first-order chi connectivity index (χ1) is 9.15. The Labute approximate surface area is 107 Å². The summed E-state index contributed by atoms with van der Waals surface area (Å²) in [6, 6.07) is 0. The molecule has 0 aliphatic rings. The molecule has 0 atom stereocenters. The number of carbonyl (C=O) groups excluding carboxylic acids is 1. The molecule has 0 spiro atoms. The summed E-state index contributed by atoms with van der Waals surface area (Å²) in [6.45, 7) is 0.502. The van der Waals surface area contributed by atoms with Gasteiger partial charge in [-0.05, 0) is 0 Å². The Balaban J connectivity index is 1.82. The number of hydrogen-bond donors (Lipinski definition) is 2. The fraction of sp³-hybridized carbons (Fsp3) is 0.333. The first kappa shape index (κ1) is 12.7. The number of amides is 1. The molecule has 0 saturated carbocycles. The van der Waals surface area contributed by atoms with Crippen LogP contribution in [-0.4, -0.2) is 53.5 Å². The first-order valence-electron chi connectivity index (χ1n) is 5.39. The molecule has 2 heterocycles. The van der Waals surface area contributed by atoms with E-state index >= 15 is 0 Å². The van der Waals surface area contributed by atoms with Crippen LogP contribution in [0.15, 0.2) is 18.6 Å². The Morgan fingerprint density at radius 1 is 1.32 bits per heavy atom. The predicted molar refractivity (Wildman–Crippen MR) is 60.0 cm³/mol. The van der Waals surface area contributed by atoms with Gasteiger partial charge in [-0.2, -0.15) is 0 Å². The van der Waals surface area contributed by atoms with Gasteiger partial charge in [-0.3, -0.25) is 14.3 Å². The van der Waals surface area contributed by atoms with Gasteiger partial charge in [0.25, 0.3) is 5.91 Å². The van der Waals surface area contributed by atoms with Gasteiger partial charge in [0.2, 0.25) is 0 Å². The number of carbonyl (C=O) groups is 2. The number of rotatable bonds is 6. The molecule has 19 heavy (non-hydrogen) atoms. The molecule has 0 aliphatic heterocycles. The number of aromatic nitrogens is 6. The van der Waals surface area contributed by atoms with E-state index in [1.807, 2.05) is 0 Å². The largest absolute Gasteiger partial charge is 0.480 e. The molecule has 2 aromatic heterocycles. The monoisotopic (exact) mass is 265 g/mol. The molecule has 10 nitrogen and oxygen atoms in total. The van der Waals surface area contributed by atoms with E-state index in [0.29, 0.717) is 13.1 Å². The van der Waals surface area contributed by atoms with Gasteiger partial charge in [0.15, 0.2) is 5.69 Å². The van der Waals surface area contributed by atoms with E-state index in [0.717, 1.165) is 4.68 Å². The first-order valence-corrected chi connectivity index (χ1v) is 5.39. The summed E-state index contributed by atoms with van der Waals surface area (Å²) < 4.78 is 2.65. The highest BCUT2D eigenvalue weighted by Crippen LogP contribution is 1.93. The van der Waals surface area contributed by atoms with E-state index in [1.54, 1.807) is 17.1 Å². The van der Waals surface area contributed by atoms with Crippen molar-refractivity contribution in [1.82, 2.24) is 35.3 Å². The quantitative estimate of drug-likeness (QED) is 0.642. The van der Waals surface area contributed by atoms with E-state index < -0.39 is 11.9 Å². The van der Waals surface area contributed by atoms with Crippen LogP contribution >= 0.6 is 0 Å². The third-order valence-electron chi connectivity index (χ3n) is 2.17. The van der Waals surface area contributed by atoms with Gasteiger partial charge in [-0.15, -0.1) is 10.2 Å². The van der Waals surface area contributed by atoms with Crippen molar-refractivity contribution in [1.29, 1.82) is 0 Å². The lowest BCUT2D eigenvalue weighted by Crippen LogP contribution is -2.27. The third kappa shape index (κ3) is 3.59. The molecule has 0 bridgehead atoms. The number of carboxylic acids is 1. The van der Waals surface area contributed by atoms with Crippen molar-refractivity contribution in [2.75, 3.05) is 6.54 Å². The third-order valence-corrected chi connectivity index (χ3v) is 2.17. The van der Waals surface area contributed by atoms with Gasteiger partial charge in [-0.1, -0.05) is 10.4 Å². The van der Waals surface area contributed by atoms with Crippen LogP contribution in [0.5, 0.6) is 0 Å². The number of nitrogens with one attached hydrogen (secondary N) is 1. The van der Waals surface area contributed by atoms with Gasteiger partial charge in [-0.25, -0.2) is 4.68 Å². The normalized spacial score (nSPS) is 10.3. The lowest BCUT2D eigenvalue weighted by Gasteiger charge is -2.01. The minimum atomic E-state index is -1.05. The fourth-order valence-electron chi connectivity index (χ4n) is 1.34. The van der Waals surface area contributed by atoms with Crippen LogP contribution in [0.2, 0.25) is 0 Å². The smallest absolute Gasteiger partial charge is 0.325 e. The Kier molecular flexibility index (Phi) is 3.81. The Hall–Kier alpha value is -2.78. The molecular formula is C9H11N7O3. The molecule has 10 heteroatoms. The molecule has 2 rings (SSSR count). The van der Waals surface area contributed by atoms with Crippen molar-refractivity contribution in [3.05, 3.63) is 24.3 Å². The zero-order chi connectivity index (χ0) is 13.7. The van der Waals surface area contributed by atoms with Crippen molar-refractivity contribution in [3.63, 3.8) is 0 Å². The molecule has 0 unspecified atom stereocenters. The number of nitrogens with zero attached hydrogens (tertiary/aromatic N) is 6. The van der Waals surface area contributed by atoms with Crippen LogP contribution in [-0.2, 0) is 17.9 Å². The van der Waals surface area contributed by atoms with Crippen LogP contribution < -0.4 is 5.32 Å². The fourth-order valence-corrected chi connectivity index (χ4v) is 1.34. The topological polar surface area (TPSA) is 128 Å². The molecule has 0 saturated heterocycles. The van der Waals surface area contributed by atoms with Gasteiger partial charge in [0.1, 0.15) is 6.54 Å². The van der Waals surface area contributed by atoms with Gasteiger partial charge in [0.05, 0.1) is 18.9 Å². The maximum atomic E-state index is 11.7. The minimum absolute atomic E-state index is 0.0693. The number of hydrogen-bond acceptors (Lipinski definition) is 6. The summed E-state index contributed by atoms with van der Waals surface area (Å²) in [5.41, 5.74) is 0.0693. The molecule has 1 amide bonds. The second kappa shape index (κ2) is 5.71. The molecule has 0 aliphatic carbocycles. The predicted octanol–water partition coefficient (Wildman–Crippen LogP) is -1.62. The average molecular weight is 265 g/mol. The van der Waals surface area contributed by atoms with E-state index in [-0.39, 0.29) is 12.2 Å². The summed E-state index contributed by atoms with van der Waals surface area (Å²) in [4.78, 5) is 22.1. The van der Waals surface area contributed by atoms with Crippen molar-refractivity contribution in [2.45, 2.75) is 13.1 Å². The second-order valence-electron chi connectivity index (χ2n) is 3.62. The summed E-state index contributed by atoms with van der Waals surface area (Å²) in [5, 5.41) is 25.7. The van der Waals surface area contributed by atoms with Crippen molar-refractivity contribution < 1.29 is 14.7 Å². The van der Waals surface area contributed by atoms with Crippen molar-refractivity contribution in [3.8, 4) is 0 Å². The van der Waals surface area contributed by atoms with Crippen molar-refractivity contribution >= 4 is 11.9 Å². The lowest BCUT2D eigenvalue weighted by atomic mass is 10.4. The highest BCUT2D eigenvalue weighted by atomic mass is 16.4. The maximum Gasteiger partial charge on any atom is 0.325 e. The minimum Gasteiger partial charge on any atom is -0.480 e. The Bertz CT molecular complexity index is 562. The summed E-state index contributed by atoms with van der Waals surface area (Å²) >= 11 is 0. The lowest BCUT2D eigenvalue weighted by molar-refractivity contribution is -0.137. The summed E-state index contributed by atoms with van der Waals surface area (Å²) in [6.07, 6.45) is 4.49. The average Bonchev–Trinajstić information content (AvgIpc) is 2.99. The highest BCUT2D eigenvalue weighted by Gasteiger charge is 2.11. The molecule has 0 radical (unpaired) electrons. The standard InChI is InChI=1S/C9H11N7O3/c17-8(18)6-16-5-7(12-14-16)9(19)10-1-3-15-4-2-11-13-15/h2,4-5H,1,3,6H2,(H,10,19)(H,17,18). The van der Waals surface area contributed by atoms with Gasteiger partial charge >= 0.3 is 5.97 Å². The van der Waals surface area contributed by atoms with E-state index in [9.17, 15) is 9.59 Å². The SMILES string of the molecule is O=C(O)Cn1cc(C(=O)NCCn2ccnn2)nn1. The molecule has 2 N–H and O–H groups in total. The van der Waals surface area contributed by atoms with Crippen LogP contribution in [0.3, 0.4) is 0 Å². The van der Waals surface area contributed by atoms with E-state index in [2.05, 4.69) is 25.9 Å². The molecule has 0 fully saturated rings. The number of carboxylic acid groups (broad SMARTS) is 1. The van der Waals surface area contributed by atoms with Crippen LogP contribution in [0.4, 0.5) is 0 Å². The van der Waals surface area contributed by atoms with Crippen LogP contribution in [0.1, 0.15) is 10.5 Å². The Morgan fingerprint density at radius 2 is 2.16 bits per heavy atom. The number of aliphatic carboxylic acids is 1. The highest BCUT2D eigenvalue weighted by molar-refractivity contribution is 5.91. The summed E-state index contributed by atoms with van der Waals surface area (Å²) in [5.74, 6) is -1.47. The van der Waals surface area contributed by atoms with Crippen molar-refractivity contribution in [2.24, 2.45) is 0 Å². The van der Waals surface area contributed by atoms with Crippen LogP contribution in [0, 0.1) is 0 Å². The Morgan fingerprint density at radius 3 is 2.84 bits per heavy atom. The maximum absolute atomic E-state index is 11.7. The molecular weight excluding hydrogens is 254 g/mol. The summed E-state index contributed by atoms with van der Waals surface area (Å²) in [7, 11) is 0. The van der Waals surface area contributed by atoms with Crippen LogP contribution in [0.25, 0.3) is 0 Å². The molecule has 0 aromatic carbocycles. The van der Waals surface area contributed by atoms with E-state index in [1.165, 1.54) is 6.20 Å². The molecule has 2 aromatic rings. The van der Waals surface area contributed by atoms with Gasteiger partial charge < -0.3 is 10.4 Å². The van der Waals surface area contributed by atoms with Gasteiger partial charge in [0, 0.05) is 12.7 Å². The van der Waals surface area contributed by atoms with E-state index in [4.69, 9.17) is 5.11 Å². The zero-order valence-electron chi connectivity index (χ0n) is 9.80. The zero-order valence-corrected chi connectivity index (χ0v) is 9.80. The molecule has 100 valence electrons.